The maximum absolute atomic E-state index is 10.7. The van der Waals surface area contributed by atoms with Crippen LogP contribution in [0.1, 0.15) is 11.4 Å². The van der Waals surface area contributed by atoms with Crippen molar-refractivity contribution in [2.24, 2.45) is 0 Å². The molecule has 0 aliphatic carbocycles. The molecule has 2 N–H and O–H groups in total. The molecule has 6 heteroatoms. The van der Waals surface area contributed by atoms with E-state index in [-0.39, 0.29) is 5.69 Å². The molecule has 0 unspecified atom stereocenters. The quantitative estimate of drug-likeness (QED) is 0.496. The van der Waals surface area contributed by atoms with Gasteiger partial charge in [-0.2, -0.15) is 0 Å². The molecule has 0 saturated heterocycles. The van der Waals surface area contributed by atoms with Crippen molar-refractivity contribution in [2.75, 3.05) is 5.73 Å². The van der Waals surface area contributed by atoms with Crippen molar-refractivity contribution < 1.29 is 4.92 Å². The van der Waals surface area contributed by atoms with Crippen molar-refractivity contribution >= 4 is 11.4 Å². The Bertz CT molecular complexity index is 562. The smallest absolute Gasteiger partial charge is 0.269 e. The van der Waals surface area contributed by atoms with Gasteiger partial charge in [0.15, 0.2) is 0 Å². The van der Waals surface area contributed by atoms with Crippen molar-refractivity contribution in [3.05, 3.63) is 52.1 Å². The summed E-state index contributed by atoms with van der Waals surface area (Å²) in [6, 6.07) is 4.45. The van der Waals surface area contributed by atoms with Gasteiger partial charge in [-0.25, -0.2) is 4.98 Å². The van der Waals surface area contributed by atoms with Crippen LogP contribution in [0.5, 0.6) is 0 Å². The maximum Gasteiger partial charge on any atom is 0.269 e. The fourth-order valence-corrected chi connectivity index (χ4v) is 1.60. The van der Waals surface area contributed by atoms with Crippen LogP contribution in [0.25, 0.3) is 0 Å². The van der Waals surface area contributed by atoms with E-state index in [4.69, 9.17) is 5.73 Å². The molecular formula is C11H12N4O2. The molecule has 1 heterocycles. The minimum absolute atomic E-state index is 0.0481. The number of anilines is 1. The number of aromatic nitrogens is 2. The summed E-state index contributed by atoms with van der Waals surface area (Å²) < 4.78 is 1.88. The molecule has 1 aromatic heterocycles. The summed E-state index contributed by atoms with van der Waals surface area (Å²) in [6.45, 7) is 2.35. The first-order valence-electron chi connectivity index (χ1n) is 5.08. The number of nitro benzene ring substituents is 1. The Kier molecular flexibility index (Phi) is 2.78. The molecule has 0 bridgehead atoms. The van der Waals surface area contributed by atoms with Gasteiger partial charge in [0.1, 0.15) is 5.82 Å². The Labute approximate surface area is 97.9 Å². The molecule has 2 rings (SSSR count). The fourth-order valence-electron chi connectivity index (χ4n) is 1.60. The van der Waals surface area contributed by atoms with Crippen LogP contribution in [0.2, 0.25) is 0 Å². The van der Waals surface area contributed by atoms with Gasteiger partial charge in [-0.05, 0) is 13.0 Å². The second-order valence-corrected chi connectivity index (χ2v) is 3.74. The van der Waals surface area contributed by atoms with Gasteiger partial charge in [-0.3, -0.25) is 10.1 Å². The highest BCUT2D eigenvalue weighted by Gasteiger charge is 2.10. The molecule has 0 fully saturated rings. The van der Waals surface area contributed by atoms with Crippen molar-refractivity contribution in [2.45, 2.75) is 13.5 Å². The van der Waals surface area contributed by atoms with Crippen LogP contribution < -0.4 is 5.73 Å². The van der Waals surface area contributed by atoms with Gasteiger partial charge >= 0.3 is 0 Å². The minimum atomic E-state index is -0.427. The highest BCUT2D eigenvalue weighted by molar-refractivity contribution is 5.52. The first-order valence-corrected chi connectivity index (χ1v) is 5.08. The molecule has 1 aromatic carbocycles. The van der Waals surface area contributed by atoms with Gasteiger partial charge in [-0.15, -0.1) is 0 Å². The molecule has 6 nitrogen and oxygen atoms in total. The third-order valence-corrected chi connectivity index (χ3v) is 2.60. The van der Waals surface area contributed by atoms with E-state index in [1.54, 1.807) is 12.3 Å². The lowest BCUT2D eigenvalue weighted by Crippen LogP contribution is -2.04. The topological polar surface area (TPSA) is 87.0 Å². The molecule has 0 amide bonds. The number of nitro groups is 1. The monoisotopic (exact) mass is 232 g/mol. The van der Waals surface area contributed by atoms with E-state index in [0.29, 0.717) is 12.2 Å². The Morgan fingerprint density at radius 2 is 2.29 bits per heavy atom. The van der Waals surface area contributed by atoms with Crippen LogP contribution in [0.3, 0.4) is 0 Å². The molecule has 17 heavy (non-hydrogen) atoms. The Morgan fingerprint density at radius 1 is 1.53 bits per heavy atom. The summed E-state index contributed by atoms with van der Waals surface area (Å²) in [5.74, 6) is 0.843. The largest absolute Gasteiger partial charge is 0.398 e. The average molecular weight is 232 g/mol. The number of rotatable bonds is 3. The first-order chi connectivity index (χ1) is 8.08. The summed E-state index contributed by atoms with van der Waals surface area (Å²) in [6.07, 6.45) is 3.50. The summed E-state index contributed by atoms with van der Waals surface area (Å²) in [7, 11) is 0. The standard InChI is InChI=1S/C11H12N4O2/c1-8-13-4-5-14(8)7-9-6-10(15(16)17)2-3-11(9)12/h2-6H,7,12H2,1H3. The second-order valence-electron chi connectivity index (χ2n) is 3.74. The number of nitrogen functional groups attached to an aromatic ring is 1. The Hall–Kier alpha value is -2.37. The summed E-state index contributed by atoms with van der Waals surface area (Å²) in [5, 5.41) is 10.7. The lowest BCUT2D eigenvalue weighted by Gasteiger charge is -2.07. The number of imidazole rings is 1. The molecule has 0 aliphatic heterocycles. The Balaban J connectivity index is 2.35. The van der Waals surface area contributed by atoms with Crippen molar-refractivity contribution in [3.8, 4) is 0 Å². The fraction of sp³-hybridized carbons (Fsp3) is 0.182. The zero-order valence-electron chi connectivity index (χ0n) is 9.33. The van der Waals surface area contributed by atoms with Gasteiger partial charge in [0.2, 0.25) is 0 Å². The van der Waals surface area contributed by atoms with Crippen LogP contribution >= 0.6 is 0 Å². The maximum atomic E-state index is 10.7. The molecule has 0 atom stereocenters. The van der Waals surface area contributed by atoms with Gasteiger partial charge in [-0.1, -0.05) is 0 Å². The van der Waals surface area contributed by atoms with E-state index in [9.17, 15) is 10.1 Å². The van der Waals surface area contributed by atoms with Crippen LogP contribution in [0.15, 0.2) is 30.6 Å². The van der Waals surface area contributed by atoms with Gasteiger partial charge < -0.3 is 10.3 Å². The third kappa shape index (κ3) is 2.25. The number of aryl methyl sites for hydroxylation is 1. The predicted molar refractivity (Wildman–Crippen MR) is 63.6 cm³/mol. The number of nitrogens with two attached hydrogens (primary N) is 1. The van der Waals surface area contributed by atoms with E-state index in [1.165, 1.54) is 12.1 Å². The van der Waals surface area contributed by atoms with E-state index < -0.39 is 4.92 Å². The minimum Gasteiger partial charge on any atom is -0.398 e. The van der Waals surface area contributed by atoms with Crippen molar-refractivity contribution in [3.63, 3.8) is 0 Å². The normalized spacial score (nSPS) is 10.4. The zero-order valence-corrected chi connectivity index (χ0v) is 9.33. The van der Waals surface area contributed by atoms with Gasteiger partial charge in [0, 0.05) is 35.8 Å². The summed E-state index contributed by atoms with van der Waals surface area (Å²) >= 11 is 0. The highest BCUT2D eigenvalue weighted by Crippen LogP contribution is 2.20. The van der Waals surface area contributed by atoms with Crippen LogP contribution in [0.4, 0.5) is 11.4 Å². The van der Waals surface area contributed by atoms with Gasteiger partial charge in [0.25, 0.3) is 5.69 Å². The lowest BCUT2D eigenvalue weighted by molar-refractivity contribution is -0.384. The Morgan fingerprint density at radius 3 is 2.88 bits per heavy atom. The third-order valence-electron chi connectivity index (χ3n) is 2.60. The number of non-ortho nitro benzene ring substituents is 1. The molecule has 0 radical (unpaired) electrons. The number of benzene rings is 1. The van der Waals surface area contributed by atoms with Crippen molar-refractivity contribution in [1.29, 1.82) is 0 Å². The van der Waals surface area contributed by atoms with Crippen molar-refractivity contribution in [1.82, 2.24) is 9.55 Å². The molecule has 0 spiro atoms. The zero-order chi connectivity index (χ0) is 12.4. The summed E-state index contributed by atoms with van der Waals surface area (Å²) in [5.41, 5.74) is 7.12. The lowest BCUT2D eigenvalue weighted by atomic mass is 10.1. The summed E-state index contributed by atoms with van der Waals surface area (Å²) in [4.78, 5) is 14.3. The number of nitrogens with zero attached hydrogens (tertiary/aromatic N) is 3. The number of hydrogen-bond acceptors (Lipinski definition) is 4. The van der Waals surface area contributed by atoms with E-state index in [1.807, 2.05) is 17.7 Å². The van der Waals surface area contributed by atoms with Gasteiger partial charge in [0.05, 0.1) is 11.5 Å². The van der Waals surface area contributed by atoms with E-state index >= 15 is 0 Å². The average Bonchev–Trinajstić information content (AvgIpc) is 2.67. The predicted octanol–water partition coefficient (Wildman–Crippen LogP) is 1.73. The molecular weight excluding hydrogens is 220 g/mol. The molecule has 0 aliphatic rings. The second kappa shape index (κ2) is 4.25. The molecule has 88 valence electrons. The number of hydrogen-bond donors (Lipinski definition) is 1. The van der Waals surface area contributed by atoms with Crippen LogP contribution in [-0.2, 0) is 6.54 Å². The first kappa shape index (κ1) is 11.1. The molecule has 2 aromatic rings. The van der Waals surface area contributed by atoms with Crippen LogP contribution in [-0.4, -0.2) is 14.5 Å². The SMILES string of the molecule is Cc1nccn1Cc1cc([N+](=O)[O-])ccc1N. The molecule has 0 saturated carbocycles. The van der Waals surface area contributed by atoms with Crippen LogP contribution in [0, 0.1) is 17.0 Å². The highest BCUT2D eigenvalue weighted by atomic mass is 16.6. The van der Waals surface area contributed by atoms with E-state index in [2.05, 4.69) is 4.98 Å². The van der Waals surface area contributed by atoms with E-state index in [0.717, 1.165) is 11.4 Å².